The number of aliphatic hydroxyl groups excluding tert-OH is 2. The van der Waals surface area contributed by atoms with Crippen LogP contribution in [0.2, 0.25) is 0 Å². The van der Waals surface area contributed by atoms with E-state index in [9.17, 15) is 19.8 Å². The lowest BCUT2D eigenvalue weighted by Gasteiger charge is -2.53. The first-order chi connectivity index (χ1) is 16.0. The van der Waals surface area contributed by atoms with Crippen LogP contribution in [0.5, 0.6) is 0 Å². The second-order valence-electron chi connectivity index (χ2n) is 13.5. The highest BCUT2D eigenvalue weighted by molar-refractivity contribution is 5.88. The van der Waals surface area contributed by atoms with Gasteiger partial charge in [0.15, 0.2) is 0 Å². The Morgan fingerprint density at radius 3 is 2.47 bits per heavy atom. The van der Waals surface area contributed by atoms with E-state index in [4.69, 9.17) is 0 Å². The molecule has 13 atom stereocenters. The summed E-state index contributed by atoms with van der Waals surface area (Å²) in [7, 11) is 0. The van der Waals surface area contributed by atoms with E-state index in [0.29, 0.717) is 41.3 Å². The van der Waals surface area contributed by atoms with Crippen molar-refractivity contribution in [3.05, 3.63) is 0 Å². The monoisotopic (exact) mass is 473 g/mol. The Bertz CT molecular complexity index is 814. The smallest absolute Gasteiger partial charge is 0.219 e. The predicted octanol–water partition coefficient (Wildman–Crippen LogP) is 4.30. The molecular formula is C29H47NO4. The maximum atomic E-state index is 14.2. The molecule has 0 spiro atoms. The molecule has 5 heteroatoms. The number of carbonyl (C=O) groups excluding carboxylic acids is 2. The van der Waals surface area contributed by atoms with Crippen molar-refractivity contribution in [1.82, 2.24) is 4.90 Å². The van der Waals surface area contributed by atoms with Crippen LogP contribution in [0.25, 0.3) is 0 Å². The fraction of sp³-hybridized carbons (Fsp3) is 0.931. The molecule has 4 aliphatic carbocycles. The number of ketones is 1. The fourth-order valence-electron chi connectivity index (χ4n) is 10.2. The number of likely N-dealkylation sites (tertiary alicyclic amines) is 1. The Kier molecular flexibility index (Phi) is 6.45. The first-order valence-electron chi connectivity index (χ1n) is 14.2. The summed E-state index contributed by atoms with van der Waals surface area (Å²) in [5, 5.41) is 21.4. The highest BCUT2D eigenvalue weighted by Crippen LogP contribution is 2.65. The van der Waals surface area contributed by atoms with E-state index in [1.165, 1.54) is 6.42 Å². The molecule has 192 valence electrons. The molecule has 5 rings (SSSR count). The highest BCUT2D eigenvalue weighted by Gasteiger charge is 2.63. The molecule has 5 nitrogen and oxygen atoms in total. The first-order valence-corrected chi connectivity index (χ1v) is 14.2. The van der Waals surface area contributed by atoms with Gasteiger partial charge in [-0.05, 0) is 98.2 Å². The number of hydrogen-bond donors (Lipinski definition) is 2. The van der Waals surface area contributed by atoms with Gasteiger partial charge in [-0.1, -0.05) is 27.7 Å². The molecule has 1 amide bonds. The van der Waals surface area contributed by atoms with Crippen molar-refractivity contribution in [3.8, 4) is 0 Å². The number of hydrogen-bond acceptors (Lipinski definition) is 4. The second-order valence-corrected chi connectivity index (χ2v) is 13.5. The van der Waals surface area contributed by atoms with E-state index in [-0.39, 0.29) is 41.2 Å². The van der Waals surface area contributed by atoms with Gasteiger partial charge >= 0.3 is 0 Å². The van der Waals surface area contributed by atoms with Gasteiger partial charge in [0.25, 0.3) is 0 Å². The molecule has 0 bridgehead atoms. The van der Waals surface area contributed by atoms with Crippen LogP contribution in [0.3, 0.4) is 0 Å². The minimum atomic E-state index is -0.484. The Morgan fingerprint density at radius 2 is 1.76 bits per heavy atom. The molecule has 3 unspecified atom stereocenters. The van der Waals surface area contributed by atoms with Crippen LogP contribution in [0.1, 0.15) is 86.0 Å². The molecule has 1 saturated heterocycles. The van der Waals surface area contributed by atoms with Gasteiger partial charge in [0.05, 0.1) is 18.2 Å². The van der Waals surface area contributed by atoms with Crippen LogP contribution in [-0.2, 0) is 9.59 Å². The van der Waals surface area contributed by atoms with Crippen molar-refractivity contribution < 1.29 is 19.8 Å². The molecule has 1 aliphatic heterocycles. The van der Waals surface area contributed by atoms with Crippen LogP contribution in [-0.4, -0.2) is 51.6 Å². The van der Waals surface area contributed by atoms with Gasteiger partial charge < -0.3 is 15.1 Å². The van der Waals surface area contributed by atoms with E-state index in [2.05, 4.69) is 27.7 Å². The van der Waals surface area contributed by atoms with Crippen LogP contribution in [0.4, 0.5) is 0 Å². The summed E-state index contributed by atoms with van der Waals surface area (Å²) in [4.78, 5) is 28.6. The van der Waals surface area contributed by atoms with Gasteiger partial charge in [-0.2, -0.15) is 0 Å². The lowest BCUT2D eigenvalue weighted by molar-refractivity contribution is -0.144. The molecule has 34 heavy (non-hydrogen) atoms. The summed E-state index contributed by atoms with van der Waals surface area (Å²) in [6.07, 6.45) is 7.30. The van der Waals surface area contributed by atoms with Crippen molar-refractivity contribution in [3.63, 3.8) is 0 Å². The van der Waals surface area contributed by atoms with E-state index in [1.54, 1.807) is 6.92 Å². The SMILES string of the molecule is CC(=O)N1C[C@@H](C)C[C@@H](O)[C@@H]1[C@@H](C)[C@@H]1CC[C@@H]2C(C(=O)[C@H]3[C@H]2CCC2C[C@@H](O)CC[C@@]23C)C1C. The fourth-order valence-corrected chi connectivity index (χ4v) is 10.2. The van der Waals surface area contributed by atoms with Gasteiger partial charge in [-0.25, -0.2) is 0 Å². The van der Waals surface area contributed by atoms with Crippen LogP contribution in [0.15, 0.2) is 0 Å². The number of nitrogens with zero attached hydrogens (tertiary/aromatic N) is 1. The molecule has 5 aliphatic rings. The third-order valence-corrected chi connectivity index (χ3v) is 11.7. The Labute approximate surface area is 206 Å². The van der Waals surface area contributed by atoms with Crippen molar-refractivity contribution in [2.24, 2.45) is 58.7 Å². The molecule has 4 saturated carbocycles. The van der Waals surface area contributed by atoms with Gasteiger partial charge in [-0.3, -0.25) is 9.59 Å². The lowest BCUT2D eigenvalue weighted by atomic mass is 9.52. The largest absolute Gasteiger partial charge is 0.393 e. The Morgan fingerprint density at radius 1 is 1.06 bits per heavy atom. The summed E-state index contributed by atoms with van der Waals surface area (Å²) >= 11 is 0. The maximum absolute atomic E-state index is 14.2. The lowest BCUT2D eigenvalue weighted by Crippen LogP contribution is -2.58. The third kappa shape index (κ3) is 3.70. The summed E-state index contributed by atoms with van der Waals surface area (Å²) in [5.41, 5.74) is 0.0541. The molecule has 0 aromatic carbocycles. The van der Waals surface area contributed by atoms with Gasteiger partial charge in [-0.15, -0.1) is 0 Å². The van der Waals surface area contributed by atoms with Gasteiger partial charge in [0.2, 0.25) is 5.91 Å². The second kappa shape index (κ2) is 8.87. The molecule has 2 N–H and O–H groups in total. The summed E-state index contributed by atoms with van der Waals surface area (Å²) in [6.45, 7) is 11.4. The van der Waals surface area contributed by atoms with Crippen molar-refractivity contribution in [2.75, 3.05) is 6.54 Å². The number of amides is 1. The van der Waals surface area contributed by atoms with Crippen molar-refractivity contribution in [1.29, 1.82) is 0 Å². The summed E-state index contributed by atoms with van der Waals surface area (Å²) in [6, 6.07) is -0.141. The molecule has 0 aromatic rings. The summed E-state index contributed by atoms with van der Waals surface area (Å²) in [5.74, 6) is 3.53. The number of piperidine rings is 1. The first kappa shape index (κ1) is 24.7. The average molecular weight is 474 g/mol. The van der Waals surface area contributed by atoms with E-state index in [1.807, 2.05) is 4.90 Å². The topological polar surface area (TPSA) is 77.8 Å². The van der Waals surface area contributed by atoms with Gasteiger partial charge in [0.1, 0.15) is 5.78 Å². The highest BCUT2D eigenvalue weighted by atomic mass is 16.3. The standard InChI is InChI=1S/C29H47NO4/c1-15-12-24(33)27(30(14-15)18(4)31)17(3)21-8-9-22-23-7-6-19-13-20(32)10-11-29(19,5)26(23)28(34)25(22)16(21)2/h15-17,19-27,32-33H,6-14H2,1-5H3/t15-,16?,17-,19?,20-,21+,22-,23-,24+,25?,26+,27-,29-/m0/s1. The van der Waals surface area contributed by atoms with Crippen molar-refractivity contribution >= 4 is 11.7 Å². The zero-order valence-corrected chi connectivity index (χ0v) is 22.0. The average Bonchev–Trinajstić information content (AvgIpc) is 3.07. The number of Topliss-reactive ketones (excluding diaryl/α,β-unsaturated/α-hetero) is 1. The van der Waals surface area contributed by atoms with E-state index < -0.39 is 6.10 Å². The van der Waals surface area contributed by atoms with Gasteiger partial charge in [0, 0.05) is 25.3 Å². The Hall–Kier alpha value is -0.940. The normalized spacial score (nSPS) is 51.9. The third-order valence-electron chi connectivity index (χ3n) is 11.7. The predicted molar refractivity (Wildman–Crippen MR) is 132 cm³/mol. The minimum absolute atomic E-state index is 0.0541. The maximum Gasteiger partial charge on any atom is 0.219 e. The zero-order valence-electron chi connectivity index (χ0n) is 22.0. The van der Waals surface area contributed by atoms with E-state index in [0.717, 1.165) is 51.5 Å². The summed E-state index contributed by atoms with van der Waals surface area (Å²) < 4.78 is 0. The number of aliphatic hydroxyl groups is 2. The minimum Gasteiger partial charge on any atom is -0.393 e. The number of fused-ring (bicyclic) bond motifs is 5. The van der Waals surface area contributed by atoms with E-state index >= 15 is 0 Å². The van der Waals surface area contributed by atoms with Crippen molar-refractivity contribution in [2.45, 2.75) is 104 Å². The van der Waals surface area contributed by atoms with Crippen LogP contribution < -0.4 is 0 Å². The van der Waals surface area contributed by atoms with Crippen LogP contribution >= 0.6 is 0 Å². The quantitative estimate of drug-likeness (QED) is 0.627. The molecule has 0 radical (unpaired) electrons. The zero-order chi connectivity index (χ0) is 24.5. The Balaban J connectivity index is 1.38. The van der Waals surface area contributed by atoms with Crippen LogP contribution in [0, 0.1) is 58.7 Å². The number of carbonyl (C=O) groups is 2. The molecule has 1 heterocycles. The molecule has 5 fully saturated rings. The molecule has 0 aromatic heterocycles. The molecular weight excluding hydrogens is 426 g/mol. The number of rotatable bonds is 2.